The average molecular weight is 568 g/mol. The lowest BCUT2D eigenvalue weighted by Gasteiger charge is -2.65. The van der Waals surface area contributed by atoms with Gasteiger partial charge in [-0.25, -0.2) is 9.59 Å². The van der Waals surface area contributed by atoms with Gasteiger partial charge in [-0.2, -0.15) is 0 Å². The van der Waals surface area contributed by atoms with Crippen LogP contribution in [0.5, 0.6) is 0 Å². The summed E-state index contributed by atoms with van der Waals surface area (Å²) in [5, 5.41) is 24.2. The third kappa shape index (κ3) is 4.37. The van der Waals surface area contributed by atoms with Gasteiger partial charge in [0, 0.05) is 17.6 Å². The summed E-state index contributed by atoms with van der Waals surface area (Å²) in [6.07, 6.45) is 7.34. The first-order valence-corrected chi connectivity index (χ1v) is 15.1. The number of cyclic esters (lactones) is 1. The van der Waals surface area contributed by atoms with Gasteiger partial charge in [0.05, 0.1) is 16.1 Å². The van der Waals surface area contributed by atoms with Crippen LogP contribution in [0.4, 0.5) is 10.5 Å². The number of esters is 1. The molecule has 1 N–H and O–H groups in total. The average Bonchev–Trinajstić information content (AvgIpc) is 3.49. The molecule has 222 valence electrons. The molecule has 1 heterocycles. The first-order valence-electron chi connectivity index (χ1n) is 15.1. The molecule has 1 aromatic rings. The monoisotopic (exact) mass is 567 g/mol. The number of nitro groups is 1. The van der Waals surface area contributed by atoms with Gasteiger partial charge in [0.2, 0.25) is 0 Å². The Morgan fingerprint density at radius 3 is 2.63 bits per heavy atom. The molecular weight excluding hydrogens is 526 g/mol. The highest BCUT2D eigenvalue weighted by Crippen LogP contribution is 2.70. The van der Waals surface area contributed by atoms with E-state index in [-0.39, 0.29) is 53.6 Å². The Morgan fingerprint density at radius 1 is 1.12 bits per heavy atom. The highest BCUT2D eigenvalue weighted by molar-refractivity contribution is 5.85. The van der Waals surface area contributed by atoms with Crippen LogP contribution in [-0.4, -0.2) is 40.5 Å². The molecule has 0 saturated heterocycles. The highest BCUT2D eigenvalue weighted by atomic mass is 16.7. The van der Waals surface area contributed by atoms with Crippen LogP contribution >= 0.6 is 0 Å². The molecule has 9 atom stereocenters. The van der Waals surface area contributed by atoms with Crippen molar-refractivity contribution < 1.29 is 33.8 Å². The number of ether oxygens (including phenoxy) is 3. The molecule has 0 unspecified atom stereocenters. The summed E-state index contributed by atoms with van der Waals surface area (Å²) in [7, 11) is 0. The summed E-state index contributed by atoms with van der Waals surface area (Å²) in [5.74, 6) is 0.978. The fourth-order valence-electron chi connectivity index (χ4n) is 9.84. The lowest BCUT2D eigenvalue weighted by atomic mass is 9.42. The van der Waals surface area contributed by atoms with Crippen molar-refractivity contribution in [3.63, 3.8) is 0 Å². The number of benzene rings is 1. The molecule has 0 bridgehead atoms. The van der Waals surface area contributed by atoms with E-state index in [2.05, 4.69) is 13.8 Å². The molecular formula is C32H41NO8. The number of fused-ring (bicyclic) bond motifs is 5. The lowest BCUT2D eigenvalue weighted by molar-refractivity contribution is -0.385. The van der Waals surface area contributed by atoms with Gasteiger partial charge >= 0.3 is 12.1 Å². The zero-order valence-corrected chi connectivity index (χ0v) is 24.2. The van der Waals surface area contributed by atoms with Gasteiger partial charge in [-0.1, -0.05) is 39.3 Å². The normalized spacial score (nSPS) is 41.4. The number of hydrogen-bond donors (Lipinski definition) is 1. The number of aliphatic hydroxyl groups is 1. The molecule has 0 amide bonds. The maximum Gasteiger partial charge on any atom is 0.508 e. The second-order valence-corrected chi connectivity index (χ2v) is 13.8. The predicted octanol–water partition coefficient (Wildman–Crippen LogP) is 6.12. The first kappa shape index (κ1) is 28.2. The Kier molecular flexibility index (Phi) is 6.95. The third-order valence-corrected chi connectivity index (χ3v) is 12.1. The van der Waals surface area contributed by atoms with E-state index in [0.717, 1.165) is 31.3 Å². The van der Waals surface area contributed by atoms with Crippen molar-refractivity contribution in [3.8, 4) is 0 Å². The van der Waals surface area contributed by atoms with Crippen molar-refractivity contribution in [1.82, 2.24) is 0 Å². The van der Waals surface area contributed by atoms with Gasteiger partial charge < -0.3 is 19.3 Å². The Hall–Kier alpha value is -2.94. The molecule has 1 aliphatic heterocycles. The van der Waals surface area contributed by atoms with E-state index >= 15 is 0 Å². The van der Waals surface area contributed by atoms with Crippen LogP contribution in [0.3, 0.4) is 0 Å². The number of rotatable bonds is 5. The van der Waals surface area contributed by atoms with Crippen LogP contribution < -0.4 is 0 Å². The summed E-state index contributed by atoms with van der Waals surface area (Å²) in [6.45, 7) is 6.63. The summed E-state index contributed by atoms with van der Waals surface area (Å²) in [6, 6.07) is 6.16. The van der Waals surface area contributed by atoms with Gasteiger partial charge in [-0.3, -0.25) is 10.1 Å². The van der Waals surface area contributed by atoms with Crippen LogP contribution in [0.1, 0.15) is 77.7 Å². The van der Waals surface area contributed by atoms with Crippen LogP contribution in [0.25, 0.3) is 0 Å². The molecule has 4 saturated carbocycles. The number of carbonyl (C=O) groups is 2. The first-order chi connectivity index (χ1) is 19.5. The molecule has 5 aliphatic rings. The summed E-state index contributed by atoms with van der Waals surface area (Å²) in [4.78, 5) is 36.2. The number of carbonyl (C=O) groups excluding carboxylic acids is 2. The van der Waals surface area contributed by atoms with Crippen LogP contribution in [0.2, 0.25) is 0 Å². The van der Waals surface area contributed by atoms with E-state index in [4.69, 9.17) is 14.2 Å². The Balaban J connectivity index is 1.31. The largest absolute Gasteiger partial charge is 0.508 e. The second kappa shape index (κ2) is 10.1. The van der Waals surface area contributed by atoms with E-state index in [9.17, 15) is 24.8 Å². The van der Waals surface area contributed by atoms with Crippen LogP contribution in [0, 0.1) is 50.5 Å². The summed E-state index contributed by atoms with van der Waals surface area (Å²) >= 11 is 0. The summed E-state index contributed by atoms with van der Waals surface area (Å²) < 4.78 is 16.9. The smallest absolute Gasteiger partial charge is 0.458 e. The topological polar surface area (TPSA) is 125 Å². The fourth-order valence-corrected chi connectivity index (χ4v) is 9.84. The van der Waals surface area contributed by atoms with E-state index in [0.29, 0.717) is 31.1 Å². The minimum absolute atomic E-state index is 0.0481. The van der Waals surface area contributed by atoms with Crippen molar-refractivity contribution in [1.29, 1.82) is 0 Å². The van der Waals surface area contributed by atoms with Crippen molar-refractivity contribution in [2.24, 2.45) is 40.4 Å². The van der Waals surface area contributed by atoms with E-state index < -0.39 is 28.2 Å². The Morgan fingerprint density at radius 2 is 1.90 bits per heavy atom. The minimum Gasteiger partial charge on any atom is -0.458 e. The van der Waals surface area contributed by atoms with Gasteiger partial charge in [0.1, 0.15) is 19.3 Å². The number of nitrogens with zero attached hydrogens (tertiary/aromatic N) is 1. The molecule has 9 heteroatoms. The Bertz CT molecular complexity index is 1280. The number of nitro benzene ring substituents is 1. The van der Waals surface area contributed by atoms with Crippen molar-refractivity contribution in [2.75, 3.05) is 6.61 Å². The lowest BCUT2D eigenvalue weighted by Crippen LogP contribution is -2.67. The molecule has 9 nitrogen and oxygen atoms in total. The van der Waals surface area contributed by atoms with Crippen molar-refractivity contribution >= 4 is 17.8 Å². The molecule has 4 aliphatic carbocycles. The zero-order chi connectivity index (χ0) is 29.2. The highest BCUT2D eigenvalue weighted by Gasteiger charge is 2.72. The third-order valence-electron chi connectivity index (χ3n) is 12.1. The second-order valence-electron chi connectivity index (χ2n) is 13.8. The predicted molar refractivity (Wildman–Crippen MR) is 148 cm³/mol. The summed E-state index contributed by atoms with van der Waals surface area (Å²) in [5.41, 5.74) is -0.856. The molecule has 0 spiro atoms. The molecule has 0 radical (unpaired) electrons. The minimum atomic E-state index is -1.08. The van der Waals surface area contributed by atoms with Gasteiger partial charge in [-0.15, -0.1) is 0 Å². The zero-order valence-electron chi connectivity index (χ0n) is 24.2. The van der Waals surface area contributed by atoms with E-state index in [1.807, 2.05) is 6.92 Å². The number of para-hydroxylation sites is 1. The van der Waals surface area contributed by atoms with Crippen LogP contribution in [-0.2, 0) is 25.6 Å². The standard InChI is InChI=1S/C32H41NO8/c1-19-10-12-30(2)22(14-19)8-9-24-25(30)16-27(41-29(35)40-17-20-6-4-5-7-26(20)33(37)38)31(3)23(11-13-32(24,31)36)21-15-28(34)39-18-21/h4-7,15,19,22-25,27,36H,8-14,16-18H2,1-3H3/t19-,22+,23+,24+,25-,27+,30-,31-,32-/m0/s1. The van der Waals surface area contributed by atoms with Gasteiger partial charge in [0.25, 0.3) is 5.69 Å². The van der Waals surface area contributed by atoms with Crippen molar-refractivity contribution in [3.05, 3.63) is 51.6 Å². The molecule has 1 aromatic carbocycles. The maximum absolute atomic E-state index is 13.3. The molecule has 41 heavy (non-hydrogen) atoms. The molecule has 6 rings (SSSR count). The number of hydrogen-bond acceptors (Lipinski definition) is 8. The van der Waals surface area contributed by atoms with Crippen molar-refractivity contribution in [2.45, 2.75) is 90.4 Å². The molecule has 4 fully saturated rings. The molecule has 0 aromatic heterocycles. The SMILES string of the molecule is C[C@H]1CC[C@@]2(C)[C@H](CC[C@@H]3[C@@H]2C[C@@H](OC(=O)OCc2ccccc2[N+](=O)[O-])[C@]2(C)[C@@H](C4=CC(=O)OC4)CC[C@]32O)C1. The van der Waals surface area contributed by atoms with E-state index in [1.54, 1.807) is 24.3 Å². The fraction of sp³-hybridized carbons (Fsp3) is 0.688. The van der Waals surface area contributed by atoms with E-state index in [1.165, 1.54) is 12.5 Å². The maximum atomic E-state index is 13.3. The quantitative estimate of drug-likeness (QED) is 0.256. The van der Waals surface area contributed by atoms with Gasteiger partial charge in [0.15, 0.2) is 0 Å². The Labute approximate surface area is 240 Å². The van der Waals surface area contributed by atoms with Gasteiger partial charge in [-0.05, 0) is 91.6 Å². The van der Waals surface area contributed by atoms with Crippen LogP contribution in [0.15, 0.2) is 35.9 Å².